The lowest BCUT2D eigenvalue weighted by atomic mass is 9.96. The predicted molar refractivity (Wildman–Crippen MR) is 98.5 cm³/mol. The first-order valence-corrected chi connectivity index (χ1v) is 8.46. The Balaban J connectivity index is 0.00000242. The number of hydrogen-bond acceptors (Lipinski definition) is 4. The molecule has 2 saturated heterocycles. The van der Waals surface area contributed by atoms with Gasteiger partial charge in [-0.1, -0.05) is 13.8 Å². The van der Waals surface area contributed by atoms with Crippen molar-refractivity contribution in [2.24, 2.45) is 11.8 Å². The zero-order valence-corrected chi connectivity index (χ0v) is 15.9. The Hall–Kier alpha value is -0.0700. The molecule has 1 amide bonds. The van der Waals surface area contributed by atoms with Crippen molar-refractivity contribution in [3.05, 3.63) is 0 Å². The third-order valence-corrected chi connectivity index (χ3v) is 4.72. The van der Waals surface area contributed by atoms with E-state index in [2.05, 4.69) is 29.4 Å². The number of nitrogens with zero attached hydrogens (tertiary/aromatic N) is 1. The van der Waals surface area contributed by atoms with Crippen LogP contribution < -0.4 is 10.6 Å². The van der Waals surface area contributed by atoms with Crippen LogP contribution in [0.4, 0.5) is 0 Å². The number of rotatable bonds is 6. The van der Waals surface area contributed by atoms with Crippen molar-refractivity contribution in [3.63, 3.8) is 0 Å². The van der Waals surface area contributed by atoms with E-state index in [-0.39, 0.29) is 42.9 Å². The van der Waals surface area contributed by atoms with Crippen molar-refractivity contribution in [2.75, 3.05) is 32.7 Å². The smallest absolute Gasteiger partial charge is 0.237 e. The molecule has 0 aromatic rings. The fourth-order valence-electron chi connectivity index (χ4n) is 3.14. The van der Waals surface area contributed by atoms with Gasteiger partial charge in [-0.15, -0.1) is 24.8 Å². The van der Waals surface area contributed by atoms with Crippen molar-refractivity contribution in [3.8, 4) is 0 Å². The fraction of sp³-hybridized carbons (Fsp3) is 0.938. The van der Waals surface area contributed by atoms with E-state index in [0.29, 0.717) is 18.9 Å². The molecule has 5 nitrogen and oxygen atoms in total. The molecule has 2 fully saturated rings. The molecule has 2 aliphatic rings. The normalized spacial score (nSPS) is 25.7. The topological polar surface area (TPSA) is 64.6 Å². The van der Waals surface area contributed by atoms with E-state index in [1.54, 1.807) is 0 Å². The zero-order chi connectivity index (χ0) is 15.2. The third-order valence-electron chi connectivity index (χ3n) is 4.72. The lowest BCUT2D eigenvalue weighted by molar-refractivity contribution is -0.123. The quantitative estimate of drug-likeness (QED) is 0.662. The molecular formula is C16H33Cl2N3O2. The number of aliphatic hydroxyl groups excluding tert-OH is 1. The summed E-state index contributed by atoms with van der Waals surface area (Å²) in [5.41, 5.74) is 0. The SMILES string of the molecule is CC(C)CCN1CCC(CNC(=O)C2CC(O)CN2)CC1.Cl.Cl. The Bertz CT molecular complexity index is 337. The van der Waals surface area contributed by atoms with Crippen LogP contribution in [0.3, 0.4) is 0 Å². The van der Waals surface area contributed by atoms with Crippen LogP contribution in [0.5, 0.6) is 0 Å². The minimum atomic E-state index is -0.370. The third kappa shape index (κ3) is 8.03. The van der Waals surface area contributed by atoms with Crippen LogP contribution in [0.15, 0.2) is 0 Å². The molecule has 0 aromatic heterocycles. The number of hydrogen-bond donors (Lipinski definition) is 3. The number of β-amino-alcohol motifs (C(OH)–C–C–N with tert-alkyl or cyclic N) is 1. The second-order valence-electron chi connectivity index (χ2n) is 7.06. The fourth-order valence-corrected chi connectivity index (χ4v) is 3.14. The van der Waals surface area contributed by atoms with E-state index in [0.717, 1.165) is 25.6 Å². The first-order valence-electron chi connectivity index (χ1n) is 8.46. The number of aliphatic hydroxyl groups is 1. The minimum absolute atomic E-state index is 0. The molecule has 0 radical (unpaired) electrons. The number of halogens is 2. The van der Waals surface area contributed by atoms with E-state index in [1.165, 1.54) is 25.8 Å². The number of nitrogens with one attached hydrogen (secondary N) is 2. The number of carbonyl (C=O) groups is 1. The van der Waals surface area contributed by atoms with Gasteiger partial charge in [0.25, 0.3) is 0 Å². The van der Waals surface area contributed by atoms with Gasteiger partial charge in [0.15, 0.2) is 0 Å². The zero-order valence-electron chi connectivity index (χ0n) is 14.3. The lowest BCUT2D eigenvalue weighted by Crippen LogP contribution is -2.44. The van der Waals surface area contributed by atoms with E-state index in [1.807, 2.05) is 0 Å². The van der Waals surface area contributed by atoms with Gasteiger partial charge in [-0.25, -0.2) is 0 Å². The summed E-state index contributed by atoms with van der Waals surface area (Å²) in [4.78, 5) is 14.5. The first-order chi connectivity index (χ1) is 10.0. The van der Waals surface area contributed by atoms with Gasteiger partial charge in [-0.3, -0.25) is 4.79 Å². The molecule has 23 heavy (non-hydrogen) atoms. The van der Waals surface area contributed by atoms with E-state index < -0.39 is 0 Å². The van der Waals surface area contributed by atoms with Crippen LogP contribution >= 0.6 is 24.8 Å². The summed E-state index contributed by atoms with van der Waals surface area (Å²) in [6.45, 7) is 9.39. The van der Waals surface area contributed by atoms with Crippen molar-refractivity contribution in [2.45, 2.75) is 51.7 Å². The maximum absolute atomic E-state index is 12.0. The van der Waals surface area contributed by atoms with Crippen LogP contribution in [0.25, 0.3) is 0 Å². The Morgan fingerprint density at radius 2 is 1.96 bits per heavy atom. The summed E-state index contributed by atoms with van der Waals surface area (Å²) in [5, 5.41) is 15.5. The van der Waals surface area contributed by atoms with Crippen LogP contribution in [0.1, 0.15) is 39.5 Å². The molecule has 0 aliphatic carbocycles. The summed E-state index contributed by atoms with van der Waals surface area (Å²) in [7, 11) is 0. The molecule has 0 spiro atoms. The van der Waals surface area contributed by atoms with Crippen molar-refractivity contribution < 1.29 is 9.90 Å². The molecular weight excluding hydrogens is 337 g/mol. The second kappa shape index (κ2) is 11.5. The highest BCUT2D eigenvalue weighted by molar-refractivity contribution is 5.85. The van der Waals surface area contributed by atoms with Crippen LogP contribution in [0, 0.1) is 11.8 Å². The van der Waals surface area contributed by atoms with Gasteiger partial charge < -0.3 is 20.6 Å². The van der Waals surface area contributed by atoms with Gasteiger partial charge in [0.05, 0.1) is 12.1 Å². The molecule has 2 atom stereocenters. The Morgan fingerprint density at radius 3 is 2.48 bits per heavy atom. The highest BCUT2D eigenvalue weighted by Gasteiger charge is 2.28. The highest BCUT2D eigenvalue weighted by atomic mass is 35.5. The first kappa shape index (κ1) is 22.9. The Kier molecular flexibility index (Phi) is 11.4. The summed E-state index contributed by atoms with van der Waals surface area (Å²) in [6.07, 6.45) is 3.80. The molecule has 2 rings (SSSR count). The molecule has 0 saturated carbocycles. The largest absolute Gasteiger partial charge is 0.392 e. The van der Waals surface area contributed by atoms with Gasteiger partial charge in [0, 0.05) is 13.1 Å². The summed E-state index contributed by atoms with van der Waals surface area (Å²) < 4.78 is 0. The Labute approximate surface area is 152 Å². The van der Waals surface area contributed by atoms with E-state index in [9.17, 15) is 9.90 Å². The maximum atomic E-state index is 12.0. The molecule has 2 aliphatic heterocycles. The van der Waals surface area contributed by atoms with Gasteiger partial charge >= 0.3 is 0 Å². The molecule has 2 heterocycles. The van der Waals surface area contributed by atoms with Crippen molar-refractivity contribution in [1.82, 2.24) is 15.5 Å². The van der Waals surface area contributed by atoms with E-state index in [4.69, 9.17) is 0 Å². The van der Waals surface area contributed by atoms with Crippen LogP contribution in [-0.2, 0) is 4.79 Å². The summed E-state index contributed by atoms with van der Waals surface area (Å²) in [5.74, 6) is 1.43. The molecule has 7 heteroatoms. The van der Waals surface area contributed by atoms with Crippen LogP contribution in [-0.4, -0.2) is 60.8 Å². The lowest BCUT2D eigenvalue weighted by Gasteiger charge is -2.32. The number of amides is 1. The average molecular weight is 370 g/mol. The van der Waals surface area contributed by atoms with Gasteiger partial charge in [0.1, 0.15) is 0 Å². The molecule has 2 unspecified atom stereocenters. The standard InChI is InChI=1S/C16H31N3O2.2ClH/c1-12(2)3-6-19-7-4-13(5-8-19)10-18-16(21)15-9-14(20)11-17-15;;/h12-15,17,20H,3-11H2,1-2H3,(H,18,21);2*1H. The molecule has 0 bridgehead atoms. The average Bonchev–Trinajstić information content (AvgIpc) is 2.90. The van der Waals surface area contributed by atoms with Gasteiger partial charge in [-0.2, -0.15) is 0 Å². The molecule has 0 aromatic carbocycles. The monoisotopic (exact) mass is 369 g/mol. The summed E-state index contributed by atoms with van der Waals surface area (Å²) >= 11 is 0. The Morgan fingerprint density at radius 1 is 1.30 bits per heavy atom. The maximum Gasteiger partial charge on any atom is 0.237 e. The predicted octanol–water partition coefficient (Wildman–Crippen LogP) is 1.43. The van der Waals surface area contributed by atoms with Crippen molar-refractivity contribution in [1.29, 1.82) is 0 Å². The van der Waals surface area contributed by atoms with E-state index >= 15 is 0 Å². The number of piperidine rings is 1. The van der Waals surface area contributed by atoms with Crippen LogP contribution in [0.2, 0.25) is 0 Å². The van der Waals surface area contributed by atoms with Gasteiger partial charge in [-0.05, 0) is 57.2 Å². The highest BCUT2D eigenvalue weighted by Crippen LogP contribution is 2.17. The van der Waals surface area contributed by atoms with Gasteiger partial charge in [0.2, 0.25) is 5.91 Å². The minimum Gasteiger partial charge on any atom is -0.392 e. The second-order valence-corrected chi connectivity index (χ2v) is 7.06. The molecule has 138 valence electrons. The molecule has 3 N–H and O–H groups in total. The summed E-state index contributed by atoms with van der Waals surface area (Å²) in [6, 6.07) is -0.203. The number of carbonyl (C=O) groups excluding carboxylic acids is 1. The van der Waals surface area contributed by atoms with Crippen molar-refractivity contribution >= 4 is 30.7 Å². The number of likely N-dealkylation sites (tertiary alicyclic amines) is 1.